The maximum absolute atomic E-state index is 12.4. The lowest BCUT2D eigenvalue weighted by molar-refractivity contribution is -0.131. The summed E-state index contributed by atoms with van der Waals surface area (Å²) in [6, 6.07) is 0. The highest BCUT2D eigenvalue weighted by molar-refractivity contribution is 5.77. The Hall–Kier alpha value is -2.01. The van der Waals surface area contributed by atoms with Gasteiger partial charge in [-0.3, -0.25) is 4.79 Å². The van der Waals surface area contributed by atoms with Gasteiger partial charge >= 0.3 is 0 Å². The van der Waals surface area contributed by atoms with Gasteiger partial charge in [-0.15, -0.1) is 0 Å². The molecule has 0 aromatic heterocycles. The van der Waals surface area contributed by atoms with E-state index >= 15 is 0 Å². The van der Waals surface area contributed by atoms with Crippen LogP contribution < -0.4 is 10.4 Å². The highest BCUT2D eigenvalue weighted by Gasteiger charge is 2.31. The lowest BCUT2D eigenvalue weighted by Gasteiger charge is -2.29. The molecule has 0 unspecified atom stereocenters. The molecule has 1 aromatic carbocycles. The van der Waals surface area contributed by atoms with E-state index in [0.717, 1.165) is 0 Å². The Kier molecular flexibility index (Phi) is 5.83. The van der Waals surface area contributed by atoms with Crippen LogP contribution in [0.4, 0.5) is 0 Å². The van der Waals surface area contributed by atoms with Crippen LogP contribution >= 0.6 is 0 Å². The van der Waals surface area contributed by atoms with E-state index in [1.165, 1.54) is 0 Å². The minimum absolute atomic E-state index is 0.00282. The summed E-state index contributed by atoms with van der Waals surface area (Å²) in [5, 5.41) is 30.1. The van der Waals surface area contributed by atoms with Gasteiger partial charge < -0.3 is 20.2 Å². The van der Waals surface area contributed by atoms with E-state index < -0.39 is 5.41 Å². The minimum Gasteiger partial charge on any atom is -0.507 e. The van der Waals surface area contributed by atoms with Gasteiger partial charge in [-0.2, -0.15) is 0 Å². The van der Waals surface area contributed by atoms with Crippen LogP contribution in [0.25, 0.3) is 13.2 Å². The van der Waals surface area contributed by atoms with Gasteiger partial charge in [0.1, 0.15) is 11.5 Å². The van der Waals surface area contributed by atoms with Gasteiger partial charge in [-0.1, -0.05) is 27.0 Å². The molecule has 0 aliphatic rings. The van der Waals surface area contributed by atoms with Crippen molar-refractivity contribution in [1.29, 1.82) is 0 Å². The predicted molar refractivity (Wildman–Crippen MR) is 91.8 cm³/mol. The van der Waals surface area contributed by atoms with Crippen LogP contribution in [0.5, 0.6) is 11.5 Å². The molecule has 1 aromatic rings. The van der Waals surface area contributed by atoms with E-state index in [4.69, 9.17) is 5.11 Å². The molecular weight excluding hydrogens is 294 g/mol. The topological polar surface area (TPSA) is 81.0 Å². The maximum Gasteiger partial charge on any atom is 0.223 e. The zero-order chi connectivity index (χ0) is 17.9. The van der Waals surface area contributed by atoms with Gasteiger partial charge in [0.25, 0.3) is 0 Å². The molecular formula is C18H27NO4. The number of nitrogens with zero attached hydrogens (tertiary/aromatic N) is 1. The van der Waals surface area contributed by atoms with Gasteiger partial charge in [0.15, 0.2) is 0 Å². The van der Waals surface area contributed by atoms with Crippen LogP contribution in [-0.4, -0.2) is 46.3 Å². The second kappa shape index (κ2) is 7.04. The molecule has 0 aliphatic carbocycles. The summed E-state index contributed by atoms with van der Waals surface area (Å²) in [7, 11) is 1.68. The van der Waals surface area contributed by atoms with Crippen LogP contribution in [0.15, 0.2) is 0 Å². The molecule has 0 bridgehead atoms. The Morgan fingerprint density at radius 2 is 1.74 bits per heavy atom. The summed E-state index contributed by atoms with van der Waals surface area (Å²) in [5.74, 6) is -0.133. The van der Waals surface area contributed by atoms with Gasteiger partial charge in [0.2, 0.25) is 5.91 Å². The number of hydrogen-bond donors (Lipinski definition) is 3. The third-order valence-corrected chi connectivity index (χ3v) is 4.27. The molecule has 1 rings (SSSR count). The molecule has 3 N–H and O–H groups in total. The fourth-order valence-electron chi connectivity index (χ4n) is 2.72. The zero-order valence-corrected chi connectivity index (χ0v) is 14.4. The Labute approximate surface area is 137 Å². The molecule has 5 nitrogen and oxygen atoms in total. The highest BCUT2D eigenvalue weighted by Crippen LogP contribution is 2.31. The Morgan fingerprint density at radius 1 is 1.17 bits per heavy atom. The van der Waals surface area contributed by atoms with Crippen LogP contribution in [0.3, 0.4) is 0 Å². The van der Waals surface area contributed by atoms with E-state index in [2.05, 4.69) is 13.2 Å². The monoisotopic (exact) mass is 321 g/mol. The number of amides is 1. The number of phenols is 2. The zero-order valence-electron chi connectivity index (χ0n) is 14.4. The number of hydrogen-bond acceptors (Lipinski definition) is 4. The van der Waals surface area contributed by atoms with Crippen molar-refractivity contribution in [3.8, 4) is 11.5 Å². The standard InChI is InChI=1S/C18H27NO4/c1-11-12(2)17(23)15(13(3)16(11)22)18(4,5)10-14(21)19(6)8-7-9-20/h20,22-23H,2-3,7-10H2,1,4-6H3. The summed E-state index contributed by atoms with van der Waals surface area (Å²) in [6.45, 7) is 13.4. The number of aliphatic hydroxyl groups is 1. The Morgan fingerprint density at radius 3 is 2.26 bits per heavy atom. The van der Waals surface area contributed by atoms with Crippen molar-refractivity contribution < 1.29 is 20.1 Å². The van der Waals surface area contributed by atoms with E-state index in [9.17, 15) is 15.0 Å². The van der Waals surface area contributed by atoms with Gasteiger partial charge in [-0.05, 0) is 13.3 Å². The van der Waals surface area contributed by atoms with E-state index in [1.807, 2.05) is 13.8 Å². The predicted octanol–water partition coefficient (Wildman–Crippen LogP) is 0.735. The van der Waals surface area contributed by atoms with Gasteiger partial charge in [-0.25, -0.2) is 0 Å². The summed E-state index contributed by atoms with van der Waals surface area (Å²) >= 11 is 0. The number of rotatable bonds is 6. The summed E-state index contributed by atoms with van der Waals surface area (Å²) in [5.41, 5.74) is 0.205. The summed E-state index contributed by atoms with van der Waals surface area (Å²) in [6.07, 6.45) is 0.662. The number of benzene rings is 1. The van der Waals surface area contributed by atoms with Crippen molar-refractivity contribution in [3.05, 3.63) is 21.6 Å². The minimum atomic E-state index is -0.719. The molecule has 5 heteroatoms. The number of aromatic hydroxyl groups is 2. The quantitative estimate of drug-likeness (QED) is 0.675. The number of carbonyl (C=O) groups is 1. The molecule has 0 aliphatic heterocycles. The van der Waals surface area contributed by atoms with Crippen molar-refractivity contribution in [2.45, 2.75) is 39.0 Å². The van der Waals surface area contributed by atoms with Crippen molar-refractivity contribution in [1.82, 2.24) is 4.90 Å². The van der Waals surface area contributed by atoms with Gasteiger partial charge in [0.05, 0.1) is 0 Å². The third kappa shape index (κ3) is 3.85. The molecule has 0 saturated carbocycles. The average Bonchev–Trinajstić information content (AvgIpc) is 2.47. The molecule has 128 valence electrons. The molecule has 0 saturated heterocycles. The SMILES string of the molecule is C=c1c(C)c(O)c(=C)c(C(C)(C)CC(=O)N(C)CCCO)c1O. The van der Waals surface area contributed by atoms with Crippen molar-refractivity contribution in [3.63, 3.8) is 0 Å². The maximum atomic E-state index is 12.4. The molecule has 0 radical (unpaired) electrons. The first-order chi connectivity index (χ1) is 10.5. The highest BCUT2D eigenvalue weighted by atomic mass is 16.3. The summed E-state index contributed by atoms with van der Waals surface area (Å²) < 4.78 is 0. The van der Waals surface area contributed by atoms with E-state index in [0.29, 0.717) is 34.5 Å². The Bertz CT molecular complexity index is 694. The normalized spacial score (nSPS) is 11.5. The van der Waals surface area contributed by atoms with Crippen molar-refractivity contribution in [2.75, 3.05) is 20.2 Å². The first-order valence-corrected chi connectivity index (χ1v) is 7.62. The first kappa shape index (κ1) is 19.0. The van der Waals surface area contributed by atoms with Crippen molar-refractivity contribution >= 4 is 19.1 Å². The molecule has 0 fully saturated rings. The van der Waals surface area contributed by atoms with Crippen molar-refractivity contribution in [2.24, 2.45) is 0 Å². The van der Waals surface area contributed by atoms with E-state index in [1.54, 1.807) is 18.9 Å². The smallest absolute Gasteiger partial charge is 0.223 e. The van der Waals surface area contributed by atoms with Crippen LogP contribution in [0.1, 0.15) is 37.8 Å². The fourth-order valence-corrected chi connectivity index (χ4v) is 2.72. The average molecular weight is 321 g/mol. The second-order valence-electron chi connectivity index (χ2n) is 6.61. The molecule has 0 atom stereocenters. The van der Waals surface area contributed by atoms with Gasteiger partial charge in [0, 0.05) is 53.6 Å². The second-order valence-corrected chi connectivity index (χ2v) is 6.61. The number of carbonyl (C=O) groups excluding carboxylic acids is 1. The fraction of sp³-hybridized carbons (Fsp3) is 0.500. The summed E-state index contributed by atoms with van der Waals surface area (Å²) in [4.78, 5) is 13.9. The molecule has 23 heavy (non-hydrogen) atoms. The number of phenolic OH excluding ortho intramolecular Hbond substituents is 2. The molecule has 0 spiro atoms. The Balaban J connectivity index is 3.22. The largest absolute Gasteiger partial charge is 0.507 e. The van der Waals surface area contributed by atoms with Crippen LogP contribution in [0, 0.1) is 6.92 Å². The molecule has 0 heterocycles. The molecule has 1 amide bonds. The number of aliphatic hydroxyl groups excluding tert-OH is 1. The van der Waals surface area contributed by atoms with E-state index in [-0.39, 0.29) is 30.4 Å². The lowest BCUT2D eigenvalue weighted by atomic mass is 9.78. The van der Waals surface area contributed by atoms with Crippen LogP contribution in [0.2, 0.25) is 0 Å². The van der Waals surface area contributed by atoms with Crippen LogP contribution in [-0.2, 0) is 10.2 Å². The third-order valence-electron chi connectivity index (χ3n) is 4.27. The lowest BCUT2D eigenvalue weighted by Crippen LogP contribution is -2.37. The first-order valence-electron chi connectivity index (χ1n) is 7.62.